The summed E-state index contributed by atoms with van der Waals surface area (Å²) in [6, 6.07) is 0.669. The predicted octanol–water partition coefficient (Wildman–Crippen LogP) is 3.76. The van der Waals surface area contributed by atoms with Gasteiger partial charge in [0.2, 0.25) is 0 Å². The van der Waals surface area contributed by atoms with E-state index in [0.29, 0.717) is 12.0 Å². The third kappa shape index (κ3) is 2.09. The quantitative estimate of drug-likeness (QED) is 0.736. The molecule has 0 radical (unpaired) electrons. The minimum atomic E-state index is 0.597. The second-order valence-corrected chi connectivity index (χ2v) is 5.07. The number of rotatable bonds is 3. The minimum Gasteiger partial charge on any atom is -0.269 e. The van der Waals surface area contributed by atoms with Crippen LogP contribution in [-0.4, -0.2) is 9.78 Å². The van der Waals surface area contributed by atoms with Crippen molar-refractivity contribution in [2.45, 2.75) is 58.4 Å². The highest BCUT2D eigenvalue weighted by Gasteiger charge is 2.27. The van der Waals surface area contributed by atoms with Crippen LogP contribution in [0.1, 0.15) is 64.0 Å². The van der Waals surface area contributed by atoms with Crippen molar-refractivity contribution in [1.29, 1.82) is 0 Å². The van der Waals surface area contributed by atoms with Crippen LogP contribution in [0.15, 0.2) is 12.4 Å². The maximum Gasteiger partial charge on any atom is 0.0547 e. The van der Waals surface area contributed by atoms with Crippen LogP contribution in [0.2, 0.25) is 0 Å². The zero-order chi connectivity index (χ0) is 10.8. The highest BCUT2D eigenvalue weighted by Crippen LogP contribution is 2.37. The average Bonchev–Trinajstić information content (AvgIpc) is 2.85. The molecule has 0 bridgehead atoms. The first kappa shape index (κ1) is 10.7. The molecule has 15 heavy (non-hydrogen) atoms. The molecule has 2 rings (SSSR count). The van der Waals surface area contributed by atoms with Crippen molar-refractivity contribution in [2.75, 3.05) is 0 Å². The molecule has 0 aromatic carbocycles. The molecule has 1 fully saturated rings. The Hall–Kier alpha value is -0.790. The molecule has 1 aromatic heterocycles. The van der Waals surface area contributed by atoms with E-state index in [4.69, 9.17) is 0 Å². The molecule has 2 heteroatoms. The van der Waals surface area contributed by atoms with Crippen molar-refractivity contribution in [2.24, 2.45) is 5.92 Å². The van der Waals surface area contributed by atoms with Crippen molar-refractivity contribution < 1.29 is 0 Å². The van der Waals surface area contributed by atoms with Gasteiger partial charge < -0.3 is 0 Å². The molecule has 1 aliphatic carbocycles. The standard InChI is InChI=1S/C13H22N2/c1-4-11-6-5-7-13(11)15-9-12(8-14-15)10(2)3/h8-11,13H,4-7H2,1-3H3. The molecule has 2 unspecified atom stereocenters. The molecular formula is C13H22N2. The molecule has 0 aliphatic heterocycles. The largest absolute Gasteiger partial charge is 0.269 e. The van der Waals surface area contributed by atoms with E-state index in [1.807, 2.05) is 6.20 Å². The summed E-state index contributed by atoms with van der Waals surface area (Å²) >= 11 is 0. The van der Waals surface area contributed by atoms with E-state index in [1.54, 1.807) is 0 Å². The Bertz CT molecular complexity index is 314. The number of hydrogen-bond donors (Lipinski definition) is 0. The topological polar surface area (TPSA) is 17.8 Å². The van der Waals surface area contributed by atoms with Gasteiger partial charge in [0, 0.05) is 6.20 Å². The lowest BCUT2D eigenvalue weighted by atomic mass is 10.0. The Morgan fingerprint density at radius 2 is 2.27 bits per heavy atom. The van der Waals surface area contributed by atoms with Crippen molar-refractivity contribution in [1.82, 2.24) is 9.78 Å². The molecule has 0 saturated heterocycles. The zero-order valence-corrected chi connectivity index (χ0v) is 10.1. The van der Waals surface area contributed by atoms with Crippen LogP contribution in [0.5, 0.6) is 0 Å². The first-order valence-electron chi connectivity index (χ1n) is 6.26. The van der Waals surface area contributed by atoms with Gasteiger partial charge in [0.05, 0.1) is 12.2 Å². The maximum atomic E-state index is 4.53. The fourth-order valence-electron chi connectivity index (χ4n) is 2.67. The van der Waals surface area contributed by atoms with Crippen LogP contribution in [0.25, 0.3) is 0 Å². The molecule has 2 nitrogen and oxygen atoms in total. The normalized spacial score (nSPS) is 26.4. The summed E-state index contributed by atoms with van der Waals surface area (Å²) in [5.41, 5.74) is 1.37. The van der Waals surface area contributed by atoms with Gasteiger partial charge in [0.25, 0.3) is 0 Å². The first-order chi connectivity index (χ1) is 7.22. The fourth-order valence-corrected chi connectivity index (χ4v) is 2.67. The maximum absolute atomic E-state index is 4.53. The van der Waals surface area contributed by atoms with Crippen molar-refractivity contribution >= 4 is 0 Å². The molecular weight excluding hydrogens is 184 g/mol. The van der Waals surface area contributed by atoms with E-state index in [1.165, 1.54) is 31.2 Å². The minimum absolute atomic E-state index is 0.597. The Morgan fingerprint density at radius 1 is 1.47 bits per heavy atom. The molecule has 0 amide bonds. The van der Waals surface area contributed by atoms with E-state index in [2.05, 4.69) is 36.7 Å². The summed E-state index contributed by atoms with van der Waals surface area (Å²) in [6.45, 7) is 6.76. The lowest BCUT2D eigenvalue weighted by Gasteiger charge is -2.18. The van der Waals surface area contributed by atoms with E-state index in [-0.39, 0.29) is 0 Å². The fraction of sp³-hybridized carbons (Fsp3) is 0.769. The van der Waals surface area contributed by atoms with E-state index >= 15 is 0 Å². The van der Waals surface area contributed by atoms with E-state index in [0.717, 1.165) is 5.92 Å². The highest BCUT2D eigenvalue weighted by molar-refractivity contribution is 5.09. The van der Waals surface area contributed by atoms with Gasteiger partial charge in [0.1, 0.15) is 0 Å². The van der Waals surface area contributed by atoms with Gasteiger partial charge in [-0.25, -0.2) is 0 Å². The highest BCUT2D eigenvalue weighted by atomic mass is 15.3. The molecule has 84 valence electrons. The van der Waals surface area contributed by atoms with Gasteiger partial charge in [-0.15, -0.1) is 0 Å². The zero-order valence-electron chi connectivity index (χ0n) is 10.1. The van der Waals surface area contributed by atoms with Gasteiger partial charge >= 0.3 is 0 Å². The van der Waals surface area contributed by atoms with Gasteiger partial charge in [-0.2, -0.15) is 5.10 Å². The Kier molecular flexibility index (Phi) is 3.13. The third-order valence-corrected chi connectivity index (χ3v) is 3.77. The number of hydrogen-bond acceptors (Lipinski definition) is 1. The molecule has 2 atom stereocenters. The van der Waals surface area contributed by atoms with Crippen LogP contribution in [-0.2, 0) is 0 Å². The molecule has 0 spiro atoms. The summed E-state index contributed by atoms with van der Waals surface area (Å²) in [4.78, 5) is 0. The SMILES string of the molecule is CCC1CCCC1n1cc(C(C)C)cn1. The Balaban J connectivity index is 2.14. The summed E-state index contributed by atoms with van der Waals surface area (Å²) in [5, 5.41) is 4.53. The van der Waals surface area contributed by atoms with Crippen LogP contribution >= 0.6 is 0 Å². The van der Waals surface area contributed by atoms with Crippen molar-refractivity contribution in [3.63, 3.8) is 0 Å². The molecule has 1 saturated carbocycles. The van der Waals surface area contributed by atoms with Crippen molar-refractivity contribution in [3.8, 4) is 0 Å². The predicted molar refractivity (Wildman–Crippen MR) is 63.0 cm³/mol. The lowest BCUT2D eigenvalue weighted by molar-refractivity contribution is 0.343. The van der Waals surface area contributed by atoms with Crippen LogP contribution < -0.4 is 0 Å². The second kappa shape index (κ2) is 4.38. The van der Waals surface area contributed by atoms with E-state index < -0.39 is 0 Å². The van der Waals surface area contributed by atoms with Gasteiger partial charge in [-0.1, -0.05) is 33.6 Å². The smallest absolute Gasteiger partial charge is 0.0547 e. The second-order valence-electron chi connectivity index (χ2n) is 5.07. The van der Waals surface area contributed by atoms with Gasteiger partial charge in [-0.3, -0.25) is 4.68 Å². The Morgan fingerprint density at radius 3 is 2.87 bits per heavy atom. The lowest BCUT2D eigenvalue weighted by Crippen LogP contribution is -2.13. The number of aromatic nitrogens is 2. The van der Waals surface area contributed by atoms with Gasteiger partial charge in [-0.05, 0) is 30.2 Å². The Labute approximate surface area is 92.7 Å². The summed E-state index contributed by atoms with van der Waals surface area (Å²) in [5.74, 6) is 1.45. The van der Waals surface area contributed by atoms with Crippen LogP contribution in [0.3, 0.4) is 0 Å². The van der Waals surface area contributed by atoms with E-state index in [9.17, 15) is 0 Å². The summed E-state index contributed by atoms with van der Waals surface area (Å²) in [7, 11) is 0. The first-order valence-corrected chi connectivity index (χ1v) is 6.26. The summed E-state index contributed by atoms with van der Waals surface area (Å²) in [6.07, 6.45) is 9.66. The molecule has 1 aliphatic rings. The molecule has 0 N–H and O–H groups in total. The monoisotopic (exact) mass is 206 g/mol. The van der Waals surface area contributed by atoms with Crippen LogP contribution in [0.4, 0.5) is 0 Å². The number of nitrogens with zero attached hydrogens (tertiary/aromatic N) is 2. The van der Waals surface area contributed by atoms with Crippen LogP contribution in [0, 0.1) is 5.92 Å². The molecule has 1 heterocycles. The molecule has 1 aromatic rings. The van der Waals surface area contributed by atoms with Gasteiger partial charge in [0.15, 0.2) is 0 Å². The third-order valence-electron chi connectivity index (χ3n) is 3.77. The summed E-state index contributed by atoms with van der Waals surface area (Å²) < 4.78 is 2.22. The van der Waals surface area contributed by atoms with Crippen molar-refractivity contribution in [3.05, 3.63) is 18.0 Å². The average molecular weight is 206 g/mol.